The number of guanidine groups is 1. The lowest BCUT2D eigenvalue weighted by Crippen LogP contribution is -2.51. The summed E-state index contributed by atoms with van der Waals surface area (Å²) in [7, 11) is 3.49. The maximum atomic E-state index is 12.6. The van der Waals surface area contributed by atoms with Crippen LogP contribution in [0.15, 0.2) is 23.2 Å². The Kier molecular flexibility index (Phi) is 8.37. The van der Waals surface area contributed by atoms with Crippen LogP contribution < -0.4 is 15.4 Å². The van der Waals surface area contributed by atoms with Crippen LogP contribution in [0.3, 0.4) is 0 Å². The van der Waals surface area contributed by atoms with Crippen molar-refractivity contribution in [2.24, 2.45) is 10.9 Å². The fourth-order valence-electron chi connectivity index (χ4n) is 4.35. The van der Waals surface area contributed by atoms with E-state index in [1.165, 1.54) is 18.4 Å². The molecule has 7 nitrogen and oxygen atoms in total. The van der Waals surface area contributed by atoms with Gasteiger partial charge < -0.3 is 20.3 Å². The predicted molar refractivity (Wildman–Crippen MR) is 121 cm³/mol. The average Bonchev–Trinajstić information content (AvgIpc) is 3.31. The number of hydrogen-bond donors (Lipinski definition) is 2. The van der Waals surface area contributed by atoms with Gasteiger partial charge in [-0.1, -0.05) is 25.0 Å². The van der Waals surface area contributed by atoms with Crippen LogP contribution in [0.1, 0.15) is 36.8 Å². The van der Waals surface area contributed by atoms with E-state index in [0.717, 1.165) is 69.4 Å². The normalized spacial score (nSPS) is 18.5. The number of aryl methyl sites for hydroxylation is 1. The van der Waals surface area contributed by atoms with Crippen molar-refractivity contribution in [1.29, 1.82) is 0 Å². The van der Waals surface area contributed by atoms with Crippen molar-refractivity contribution in [1.82, 2.24) is 20.4 Å². The zero-order chi connectivity index (χ0) is 21.3. The summed E-state index contributed by atoms with van der Waals surface area (Å²) in [5, 5.41) is 6.75. The molecule has 2 N–H and O–H groups in total. The Morgan fingerprint density at radius 1 is 1.17 bits per heavy atom. The van der Waals surface area contributed by atoms with E-state index in [1.807, 2.05) is 6.07 Å². The lowest BCUT2D eigenvalue weighted by molar-refractivity contribution is -0.137. The van der Waals surface area contributed by atoms with Crippen molar-refractivity contribution >= 4 is 11.9 Å². The number of nitrogens with zero attached hydrogens (tertiary/aromatic N) is 3. The third-order valence-electron chi connectivity index (χ3n) is 6.22. The molecule has 1 aliphatic carbocycles. The van der Waals surface area contributed by atoms with Gasteiger partial charge in [-0.2, -0.15) is 0 Å². The third-order valence-corrected chi connectivity index (χ3v) is 6.22. The zero-order valence-electron chi connectivity index (χ0n) is 18.7. The number of rotatable bonds is 7. The van der Waals surface area contributed by atoms with Crippen LogP contribution in [-0.4, -0.2) is 75.1 Å². The van der Waals surface area contributed by atoms with Gasteiger partial charge in [-0.25, -0.2) is 0 Å². The van der Waals surface area contributed by atoms with Gasteiger partial charge in [0.05, 0.1) is 7.11 Å². The molecule has 1 saturated heterocycles. The predicted octanol–water partition coefficient (Wildman–Crippen LogP) is 2.00. The van der Waals surface area contributed by atoms with E-state index in [-0.39, 0.29) is 0 Å². The molecule has 1 aromatic carbocycles. The number of carbonyl (C=O) groups excluding carboxylic acids is 1. The lowest BCUT2D eigenvalue weighted by Gasteiger charge is -2.36. The maximum Gasteiger partial charge on any atom is 0.225 e. The molecule has 1 saturated carbocycles. The number of hydrogen-bond acceptors (Lipinski definition) is 4. The summed E-state index contributed by atoms with van der Waals surface area (Å²) in [5.41, 5.74) is 2.29. The molecule has 7 heteroatoms. The SMILES string of the molecule is CN=C(NCCN1CCN(C(=O)C2CCCC2)CC1)NCc1ccc(C)cc1OC. The Morgan fingerprint density at radius 2 is 1.90 bits per heavy atom. The monoisotopic (exact) mass is 415 g/mol. The summed E-state index contributed by atoms with van der Waals surface area (Å²) in [5.74, 6) is 2.36. The summed E-state index contributed by atoms with van der Waals surface area (Å²) in [6, 6.07) is 6.22. The Balaban J connectivity index is 1.36. The molecule has 0 aromatic heterocycles. The number of benzene rings is 1. The summed E-state index contributed by atoms with van der Waals surface area (Å²) in [6.45, 7) is 8.10. The first-order chi connectivity index (χ1) is 14.6. The second kappa shape index (κ2) is 11.2. The van der Waals surface area contributed by atoms with E-state index in [2.05, 4.69) is 44.5 Å². The summed E-state index contributed by atoms with van der Waals surface area (Å²) in [6.07, 6.45) is 4.61. The minimum atomic E-state index is 0.291. The number of carbonyl (C=O) groups is 1. The van der Waals surface area contributed by atoms with Crippen LogP contribution in [0, 0.1) is 12.8 Å². The van der Waals surface area contributed by atoms with Gasteiger partial charge in [-0.15, -0.1) is 0 Å². The van der Waals surface area contributed by atoms with Gasteiger partial charge in [0.15, 0.2) is 5.96 Å². The van der Waals surface area contributed by atoms with Gasteiger partial charge in [0.25, 0.3) is 0 Å². The van der Waals surface area contributed by atoms with E-state index in [0.29, 0.717) is 18.4 Å². The number of piperazine rings is 1. The molecule has 1 aliphatic heterocycles. The highest BCUT2D eigenvalue weighted by Gasteiger charge is 2.29. The van der Waals surface area contributed by atoms with Crippen molar-refractivity contribution < 1.29 is 9.53 Å². The van der Waals surface area contributed by atoms with Gasteiger partial charge >= 0.3 is 0 Å². The summed E-state index contributed by atoms with van der Waals surface area (Å²) >= 11 is 0. The molecule has 0 bridgehead atoms. The molecule has 1 aromatic rings. The van der Waals surface area contributed by atoms with E-state index in [4.69, 9.17) is 4.74 Å². The second-order valence-electron chi connectivity index (χ2n) is 8.32. The van der Waals surface area contributed by atoms with Crippen molar-refractivity contribution in [2.75, 3.05) is 53.4 Å². The summed E-state index contributed by atoms with van der Waals surface area (Å²) in [4.78, 5) is 21.4. The Bertz CT molecular complexity index is 722. The standard InChI is InChI=1S/C23H37N5O2/c1-18-8-9-20(21(16-18)30-3)17-26-23(24-2)25-10-11-27-12-14-28(15-13-27)22(29)19-6-4-5-7-19/h8-9,16,19H,4-7,10-15,17H2,1-3H3,(H2,24,25,26). The van der Waals surface area contributed by atoms with Crippen LogP contribution in [0.4, 0.5) is 0 Å². The minimum absolute atomic E-state index is 0.291. The fourth-order valence-corrected chi connectivity index (χ4v) is 4.35. The van der Waals surface area contributed by atoms with Crippen LogP contribution >= 0.6 is 0 Å². The van der Waals surface area contributed by atoms with Crippen molar-refractivity contribution in [3.8, 4) is 5.75 Å². The quantitative estimate of drug-likeness (QED) is 0.527. The molecule has 0 atom stereocenters. The average molecular weight is 416 g/mol. The topological polar surface area (TPSA) is 69.2 Å². The van der Waals surface area contributed by atoms with Crippen molar-refractivity contribution in [2.45, 2.75) is 39.2 Å². The fraction of sp³-hybridized carbons (Fsp3) is 0.652. The van der Waals surface area contributed by atoms with Crippen LogP contribution in [0.5, 0.6) is 5.75 Å². The molecular weight excluding hydrogens is 378 g/mol. The molecule has 3 rings (SSSR count). The third kappa shape index (κ3) is 6.11. The number of amides is 1. The molecule has 0 unspecified atom stereocenters. The Morgan fingerprint density at radius 3 is 2.57 bits per heavy atom. The highest BCUT2D eigenvalue weighted by Crippen LogP contribution is 2.26. The first kappa shape index (κ1) is 22.4. The molecular formula is C23H37N5O2. The van der Waals surface area contributed by atoms with Gasteiger partial charge in [0.1, 0.15) is 5.75 Å². The van der Waals surface area contributed by atoms with Crippen LogP contribution in [-0.2, 0) is 11.3 Å². The van der Waals surface area contributed by atoms with Gasteiger partial charge in [0, 0.05) is 64.3 Å². The number of aliphatic imine (C=N–C) groups is 1. The molecule has 30 heavy (non-hydrogen) atoms. The molecule has 0 spiro atoms. The molecule has 1 heterocycles. The van der Waals surface area contributed by atoms with E-state index >= 15 is 0 Å². The van der Waals surface area contributed by atoms with Crippen molar-refractivity contribution in [3.05, 3.63) is 29.3 Å². The summed E-state index contributed by atoms with van der Waals surface area (Å²) < 4.78 is 5.48. The molecule has 2 aliphatic rings. The molecule has 2 fully saturated rings. The number of ether oxygens (including phenoxy) is 1. The van der Waals surface area contributed by atoms with Gasteiger partial charge in [-0.05, 0) is 31.4 Å². The van der Waals surface area contributed by atoms with E-state index in [1.54, 1.807) is 14.2 Å². The smallest absolute Gasteiger partial charge is 0.225 e. The second-order valence-corrected chi connectivity index (χ2v) is 8.32. The largest absolute Gasteiger partial charge is 0.496 e. The molecule has 0 radical (unpaired) electrons. The first-order valence-corrected chi connectivity index (χ1v) is 11.2. The highest BCUT2D eigenvalue weighted by atomic mass is 16.5. The Hall–Kier alpha value is -2.28. The van der Waals surface area contributed by atoms with Gasteiger partial charge in [-0.3, -0.25) is 14.7 Å². The van der Waals surface area contributed by atoms with Gasteiger partial charge in [0.2, 0.25) is 5.91 Å². The lowest BCUT2D eigenvalue weighted by atomic mass is 10.1. The first-order valence-electron chi connectivity index (χ1n) is 11.2. The van der Waals surface area contributed by atoms with Crippen LogP contribution in [0.25, 0.3) is 0 Å². The maximum absolute atomic E-state index is 12.6. The van der Waals surface area contributed by atoms with E-state index < -0.39 is 0 Å². The Labute approximate surface area is 180 Å². The number of methoxy groups -OCH3 is 1. The molecule has 1 amide bonds. The van der Waals surface area contributed by atoms with Crippen molar-refractivity contribution in [3.63, 3.8) is 0 Å². The minimum Gasteiger partial charge on any atom is -0.496 e. The number of nitrogens with one attached hydrogen (secondary N) is 2. The highest BCUT2D eigenvalue weighted by molar-refractivity contribution is 5.80. The van der Waals surface area contributed by atoms with E-state index in [9.17, 15) is 4.79 Å². The zero-order valence-corrected chi connectivity index (χ0v) is 18.7. The van der Waals surface area contributed by atoms with Crippen LogP contribution in [0.2, 0.25) is 0 Å². The molecule has 166 valence electrons.